The number of hydrogen-bond donors (Lipinski definition) is 0. The molecular formula is C141H98N6OS. The molecule has 0 amide bonds. The molecule has 0 fully saturated rings. The number of furan rings is 1. The zero-order valence-corrected chi connectivity index (χ0v) is 84.0. The van der Waals surface area contributed by atoms with Crippen molar-refractivity contribution >= 4 is 180 Å². The van der Waals surface area contributed by atoms with Crippen LogP contribution in [0, 0.1) is 0 Å². The molecule has 3 aliphatic carbocycles. The Balaban J connectivity index is 0.000000104. The number of aromatic nitrogens is 5. The Hall–Kier alpha value is -18.3. The van der Waals surface area contributed by atoms with Gasteiger partial charge in [-0.1, -0.05) is 369 Å². The van der Waals surface area contributed by atoms with Crippen molar-refractivity contribution in [3.63, 3.8) is 0 Å². The van der Waals surface area contributed by atoms with Crippen molar-refractivity contribution in [2.75, 3.05) is 4.90 Å². The van der Waals surface area contributed by atoms with Gasteiger partial charge in [0.2, 0.25) is 0 Å². The first-order valence-electron chi connectivity index (χ1n) is 51.8. The topological polar surface area (TPSA) is 41.0 Å². The number of thiophene rings is 1. The maximum absolute atomic E-state index is 6.61. The number of nitrogens with zero attached hydrogens (tertiary/aromatic N) is 6. The molecule has 0 saturated heterocycles. The molecule has 0 aliphatic heterocycles. The lowest BCUT2D eigenvalue weighted by Gasteiger charge is -2.25. The molecule has 704 valence electrons. The van der Waals surface area contributed by atoms with Crippen LogP contribution in [0.4, 0.5) is 17.1 Å². The van der Waals surface area contributed by atoms with E-state index in [1.807, 2.05) is 17.4 Å². The summed E-state index contributed by atoms with van der Waals surface area (Å²) in [6.07, 6.45) is 0. The summed E-state index contributed by atoms with van der Waals surface area (Å²) in [6.45, 7) is 14.3. The largest absolute Gasteiger partial charge is 0.454 e. The van der Waals surface area contributed by atoms with Gasteiger partial charge in [-0.15, -0.1) is 11.3 Å². The summed E-state index contributed by atoms with van der Waals surface area (Å²) in [5.41, 5.74) is 44.1. The number of hydrogen-bond acceptors (Lipinski definition) is 3. The van der Waals surface area contributed by atoms with E-state index in [1.54, 1.807) is 0 Å². The van der Waals surface area contributed by atoms with Gasteiger partial charge in [-0.3, -0.25) is 0 Å². The predicted octanol–water partition coefficient (Wildman–Crippen LogP) is 38.5. The van der Waals surface area contributed by atoms with E-state index in [1.165, 1.54) is 235 Å². The molecule has 0 atom stereocenters. The van der Waals surface area contributed by atoms with Crippen LogP contribution >= 0.6 is 11.3 Å². The maximum Gasteiger partial charge on any atom is 0.159 e. The van der Waals surface area contributed by atoms with E-state index in [0.29, 0.717) is 0 Å². The van der Waals surface area contributed by atoms with Crippen molar-refractivity contribution in [1.82, 2.24) is 22.8 Å². The van der Waals surface area contributed by atoms with Gasteiger partial charge in [0.1, 0.15) is 5.58 Å². The summed E-state index contributed by atoms with van der Waals surface area (Å²) in [5.74, 6) is 0. The van der Waals surface area contributed by atoms with Gasteiger partial charge in [0.15, 0.2) is 5.58 Å². The third-order valence-corrected chi connectivity index (χ3v) is 34.1. The second-order valence-corrected chi connectivity index (χ2v) is 43.1. The second kappa shape index (κ2) is 32.8. The molecule has 7 aromatic heterocycles. The first kappa shape index (κ1) is 86.2. The van der Waals surface area contributed by atoms with Crippen LogP contribution in [0.25, 0.3) is 235 Å². The van der Waals surface area contributed by atoms with Gasteiger partial charge in [-0.25, -0.2) is 0 Å². The minimum Gasteiger partial charge on any atom is -0.454 e. The van der Waals surface area contributed by atoms with E-state index in [-0.39, 0.29) is 16.2 Å². The summed E-state index contributed by atoms with van der Waals surface area (Å²) in [6, 6.07) is 178. The fraction of sp³-hybridized carbons (Fsp3) is 0.0638. The smallest absolute Gasteiger partial charge is 0.159 e. The van der Waals surface area contributed by atoms with Gasteiger partial charge in [-0.2, -0.15) is 0 Å². The van der Waals surface area contributed by atoms with Crippen molar-refractivity contribution in [1.29, 1.82) is 0 Å². The predicted molar refractivity (Wildman–Crippen MR) is 629 cm³/mol. The molecule has 0 bridgehead atoms. The lowest BCUT2D eigenvalue weighted by atomic mass is 9.81. The Morgan fingerprint density at radius 2 is 0.577 bits per heavy atom. The fourth-order valence-corrected chi connectivity index (χ4v) is 27.6. The molecule has 0 unspecified atom stereocenters. The fourth-order valence-electron chi connectivity index (χ4n) is 26.4. The van der Waals surface area contributed by atoms with Gasteiger partial charge in [0, 0.05) is 141 Å². The Labute approximate surface area is 865 Å². The van der Waals surface area contributed by atoms with Crippen LogP contribution < -0.4 is 4.90 Å². The van der Waals surface area contributed by atoms with Crippen LogP contribution in [0.15, 0.2) is 490 Å². The second-order valence-electron chi connectivity index (χ2n) is 42.0. The molecule has 7 heterocycles. The molecule has 0 radical (unpaired) electrons. The first-order valence-corrected chi connectivity index (χ1v) is 52.7. The summed E-state index contributed by atoms with van der Waals surface area (Å²) >= 11 is 1.90. The van der Waals surface area contributed by atoms with Gasteiger partial charge in [-0.05, 0) is 247 Å². The average Bonchev–Trinajstić information content (AvgIpc) is 1.56. The van der Waals surface area contributed by atoms with Gasteiger partial charge in [0.05, 0.1) is 60.9 Å². The molecule has 0 spiro atoms. The zero-order valence-electron chi connectivity index (χ0n) is 83.2. The number of para-hydroxylation sites is 8. The monoisotopic (exact) mass is 1920 g/mol. The van der Waals surface area contributed by atoms with Crippen LogP contribution in [0.2, 0.25) is 0 Å². The van der Waals surface area contributed by atoms with Crippen molar-refractivity contribution in [2.45, 2.75) is 57.8 Å². The van der Waals surface area contributed by atoms with Gasteiger partial charge in [0.25, 0.3) is 0 Å². The van der Waals surface area contributed by atoms with Crippen molar-refractivity contribution in [3.8, 4) is 84.1 Å². The van der Waals surface area contributed by atoms with Crippen molar-refractivity contribution < 1.29 is 4.42 Å². The van der Waals surface area contributed by atoms with E-state index >= 15 is 0 Å². The highest BCUT2D eigenvalue weighted by molar-refractivity contribution is 7.26. The summed E-state index contributed by atoms with van der Waals surface area (Å²) < 4.78 is 21.7. The lowest BCUT2D eigenvalue weighted by Crippen LogP contribution is -2.16. The number of fused-ring (bicyclic) bond motifs is 33. The van der Waals surface area contributed by atoms with Crippen LogP contribution in [-0.2, 0) is 16.2 Å². The normalized spacial score (nSPS) is 13.5. The van der Waals surface area contributed by atoms with Gasteiger partial charge >= 0.3 is 0 Å². The lowest BCUT2D eigenvalue weighted by molar-refractivity contribution is 0.660. The maximum atomic E-state index is 6.61. The number of rotatable bonds is 10. The summed E-state index contributed by atoms with van der Waals surface area (Å²) in [4.78, 5) is 2.36. The third kappa shape index (κ3) is 12.8. The molecule has 0 N–H and O–H groups in total. The minimum atomic E-state index is -0.187. The van der Waals surface area contributed by atoms with E-state index in [0.717, 1.165) is 50.4 Å². The van der Waals surface area contributed by atoms with Crippen molar-refractivity contribution in [2.24, 2.45) is 0 Å². The average molecular weight is 1920 g/mol. The minimum absolute atomic E-state index is 0.151. The highest BCUT2D eigenvalue weighted by Crippen LogP contribution is 2.59. The Bertz CT molecular complexity index is 10600. The first-order chi connectivity index (χ1) is 73.2. The molecule has 22 aromatic carbocycles. The molecule has 3 aliphatic rings. The number of anilines is 3. The van der Waals surface area contributed by atoms with Crippen LogP contribution in [0.5, 0.6) is 0 Å². The number of benzene rings is 22. The van der Waals surface area contributed by atoms with Gasteiger partial charge < -0.3 is 32.2 Å². The molecular weight excluding hydrogens is 1830 g/mol. The SMILES string of the molecule is CC1(C)c2ccccc2-c2ccc3c4cc(-c5cccc6c5sc5ccccc56)ccc4n(-c4ccc5c(c4)c4ccccc4n5-c4ccccc4)c3c21.CC1(C)c2ccccc2-c2ccc3c4cc(-c5ccccc5)ccc4n(-c4cccc5c4oc4ccccc45)c3c21.CC1(C)c2ccccc2-c2ccc3c4cc(N(c5ccccc5)c5ccccc5)ccc4n(-c4ccc5c(c4)c4ccccc4n5-c4ccccc4)c3c21. The van der Waals surface area contributed by atoms with E-state index in [4.69, 9.17) is 4.42 Å². The van der Waals surface area contributed by atoms with E-state index in [2.05, 4.69) is 549 Å². The summed E-state index contributed by atoms with van der Waals surface area (Å²) in [5, 5.41) is 17.6. The van der Waals surface area contributed by atoms with Crippen molar-refractivity contribution in [3.05, 3.63) is 519 Å². The zero-order chi connectivity index (χ0) is 99.0. The van der Waals surface area contributed by atoms with E-state index in [9.17, 15) is 0 Å². The van der Waals surface area contributed by atoms with Crippen LogP contribution in [0.1, 0.15) is 74.9 Å². The molecule has 7 nitrogen and oxygen atoms in total. The third-order valence-electron chi connectivity index (χ3n) is 32.9. The highest BCUT2D eigenvalue weighted by atomic mass is 32.1. The standard InChI is InChI=1S/C51H37N3.C51H34N2S.C39H27NO/c1-51(2)45-24-14-12-22-39(45)41-28-29-42-44-32-37(52(34-16-6-3-7-17-34)35-18-8-4-9-19-35)26-31-48(44)54(50(42)49(41)51)38-27-30-47-43(33-38)40-23-13-15-25-46(40)53(47)36-20-10-5-11-21-36;1-51(2)43-20-9-6-15-35(43)38-25-26-39-41-29-31(34-18-12-19-40-37-17-8-11-22-47(37)54-50(34)40)23-27-46(41)53(49(39)48(38)51)33-24-28-45-42(30-33)36-16-7-10-21-44(36)52(45)32-13-4-3-5-14-32;1-39(2)32-16-8-6-13-26(32)28-20-21-29-31-23-25(24-11-4-3-5-12-24)19-22-33(31)40(37(29)36(28)39)34-17-10-15-30-27-14-7-9-18-35(27)41-38(30)34/h3-33H,1-2H3;3-30H,1-2H3;3-23H,1-2H3. The van der Waals surface area contributed by atoms with E-state index < -0.39 is 0 Å². The Kier molecular flexibility index (Phi) is 19.0. The Morgan fingerprint density at radius 3 is 1.11 bits per heavy atom. The molecule has 0 saturated carbocycles. The molecule has 29 aromatic rings. The van der Waals surface area contributed by atoms with Crippen LogP contribution in [0.3, 0.4) is 0 Å². The quantitative estimate of drug-likeness (QED) is 0.137. The summed E-state index contributed by atoms with van der Waals surface area (Å²) in [7, 11) is 0. The highest BCUT2D eigenvalue weighted by Gasteiger charge is 2.43. The molecule has 8 heteroatoms. The van der Waals surface area contributed by atoms with Crippen LogP contribution in [-0.4, -0.2) is 22.8 Å². The molecule has 32 rings (SSSR count). The molecule has 149 heavy (non-hydrogen) atoms. The Morgan fingerprint density at radius 1 is 0.208 bits per heavy atom.